The highest BCUT2D eigenvalue weighted by molar-refractivity contribution is 5.92. The normalized spacial score (nSPS) is 16.2. The topological polar surface area (TPSA) is 65.5 Å². The van der Waals surface area contributed by atoms with Crippen molar-refractivity contribution < 1.29 is 4.79 Å². The van der Waals surface area contributed by atoms with Gasteiger partial charge in [0.05, 0.1) is 6.42 Å². The summed E-state index contributed by atoms with van der Waals surface area (Å²) in [4.78, 5) is 9.78. The lowest BCUT2D eigenvalue weighted by molar-refractivity contribution is -0.106. The van der Waals surface area contributed by atoms with E-state index in [0.29, 0.717) is 12.3 Å². The monoisotopic (exact) mass is 114 g/mol. The van der Waals surface area contributed by atoms with Crippen molar-refractivity contribution in [3.8, 4) is 0 Å². The lowest BCUT2D eigenvalue weighted by Gasteiger charge is -1.90. The molecule has 1 aliphatic heterocycles. The van der Waals surface area contributed by atoms with Crippen molar-refractivity contribution >= 4 is 12.1 Å². The highest BCUT2D eigenvalue weighted by Crippen LogP contribution is 1.77. The summed E-state index contributed by atoms with van der Waals surface area (Å²) in [5, 5.41) is 3.64. The first-order chi connectivity index (χ1) is 3.93. The molecule has 0 radical (unpaired) electrons. The van der Waals surface area contributed by atoms with Gasteiger partial charge in [0.2, 0.25) is 0 Å². The molecule has 0 aliphatic carbocycles. The van der Waals surface area contributed by atoms with Crippen LogP contribution in [-0.2, 0) is 4.79 Å². The summed E-state index contributed by atoms with van der Waals surface area (Å²) in [7, 11) is 0. The fraction of sp³-hybridized carbons (Fsp3) is 0.333. The van der Waals surface area contributed by atoms with Gasteiger partial charge in [-0.1, -0.05) is 0 Å². The molecule has 0 aromatic rings. The smallest absolute Gasteiger partial charge is 0.146 e. The van der Waals surface area contributed by atoms with Crippen LogP contribution in [0.4, 0.5) is 0 Å². The summed E-state index contributed by atoms with van der Waals surface area (Å²) in [6.45, 7) is 0. The Hall–Kier alpha value is -1.10. The molecule has 0 amide bonds. The zero-order valence-corrected chi connectivity index (χ0v) is 4.14. The van der Waals surface area contributed by atoms with Gasteiger partial charge in [0, 0.05) is 0 Å². The third kappa shape index (κ3) is 0.941. The van der Waals surface area contributed by atoms with Crippen molar-refractivity contribution in [1.29, 1.82) is 0 Å². The second-order valence-electron chi connectivity index (χ2n) is 1.29. The Labute approximate surface area is 46.1 Å². The van der Waals surface area contributed by atoms with Gasteiger partial charge < -0.3 is 4.79 Å². The van der Waals surface area contributed by atoms with Crippen molar-refractivity contribution in [3.05, 3.63) is 0 Å². The van der Waals surface area contributed by atoms with Crippen LogP contribution in [0.2, 0.25) is 0 Å². The molecule has 0 aromatic carbocycles. The summed E-state index contributed by atoms with van der Waals surface area (Å²) in [5.41, 5.74) is 7.53. The van der Waals surface area contributed by atoms with E-state index in [1.807, 2.05) is 0 Å². The fourth-order valence-electron chi connectivity index (χ4n) is 0.399. The van der Waals surface area contributed by atoms with Crippen molar-refractivity contribution in [2.24, 2.45) is 5.10 Å². The van der Waals surface area contributed by atoms with Crippen LogP contribution < -0.4 is 16.5 Å². The van der Waals surface area contributed by atoms with E-state index in [1.165, 1.54) is 0 Å². The molecule has 1 heterocycles. The van der Waals surface area contributed by atoms with Crippen molar-refractivity contribution in [1.82, 2.24) is 16.5 Å². The molecule has 5 nitrogen and oxygen atoms in total. The van der Waals surface area contributed by atoms with Gasteiger partial charge in [-0.3, -0.25) is 5.43 Å². The number of amidine groups is 1. The number of rotatable bonds is 2. The van der Waals surface area contributed by atoms with E-state index in [9.17, 15) is 4.79 Å². The maximum absolute atomic E-state index is 9.78. The Balaban J connectivity index is 2.33. The van der Waals surface area contributed by atoms with Gasteiger partial charge in [-0.15, -0.1) is 10.6 Å². The molecule has 8 heavy (non-hydrogen) atoms. The van der Waals surface area contributed by atoms with E-state index in [2.05, 4.69) is 21.6 Å². The standard InChI is InChI=1S/C3H6N4O/c8-2-1-3-4-6-7-5-3/h2,6-7H,1H2,(H,4,5). The second kappa shape index (κ2) is 2.27. The van der Waals surface area contributed by atoms with Crippen LogP contribution in [-0.4, -0.2) is 12.1 Å². The second-order valence-corrected chi connectivity index (χ2v) is 1.29. The average Bonchev–Trinajstić information content (AvgIpc) is 2.19. The minimum atomic E-state index is 0.319. The molecule has 44 valence electrons. The zero-order valence-electron chi connectivity index (χ0n) is 4.14. The number of nitrogens with zero attached hydrogens (tertiary/aromatic N) is 1. The zero-order chi connectivity index (χ0) is 5.82. The van der Waals surface area contributed by atoms with Crippen LogP contribution in [0.15, 0.2) is 5.10 Å². The Bertz CT molecular complexity index is 120. The summed E-state index contributed by atoms with van der Waals surface area (Å²) in [6, 6.07) is 0. The predicted octanol–water partition coefficient (Wildman–Crippen LogP) is -1.50. The van der Waals surface area contributed by atoms with E-state index < -0.39 is 0 Å². The van der Waals surface area contributed by atoms with E-state index in [-0.39, 0.29) is 0 Å². The number of hydrazine groups is 2. The molecule has 0 atom stereocenters. The van der Waals surface area contributed by atoms with Gasteiger partial charge in [0.1, 0.15) is 12.1 Å². The Morgan fingerprint density at radius 1 is 1.75 bits per heavy atom. The Kier molecular flexibility index (Phi) is 1.43. The lowest BCUT2D eigenvalue weighted by Crippen LogP contribution is -2.34. The highest BCUT2D eigenvalue weighted by atomic mass is 16.1. The van der Waals surface area contributed by atoms with Crippen LogP contribution in [0.5, 0.6) is 0 Å². The number of nitrogens with one attached hydrogen (secondary N) is 3. The van der Waals surface area contributed by atoms with E-state index in [4.69, 9.17) is 0 Å². The molecular formula is C3H6N4O. The first-order valence-corrected chi connectivity index (χ1v) is 2.19. The fourth-order valence-corrected chi connectivity index (χ4v) is 0.399. The van der Waals surface area contributed by atoms with Crippen molar-refractivity contribution in [3.63, 3.8) is 0 Å². The summed E-state index contributed by atoms with van der Waals surface area (Å²) >= 11 is 0. The van der Waals surface area contributed by atoms with Crippen LogP contribution >= 0.6 is 0 Å². The summed E-state index contributed by atoms with van der Waals surface area (Å²) in [6.07, 6.45) is 1.10. The minimum absolute atomic E-state index is 0.319. The first kappa shape index (κ1) is 5.04. The molecule has 0 saturated heterocycles. The SMILES string of the molecule is O=CCC1=NNNN1. The van der Waals surface area contributed by atoms with Crippen molar-refractivity contribution in [2.75, 3.05) is 0 Å². The molecule has 3 N–H and O–H groups in total. The van der Waals surface area contributed by atoms with Crippen LogP contribution in [0.3, 0.4) is 0 Å². The molecule has 0 fully saturated rings. The number of aldehydes is 1. The highest BCUT2D eigenvalue weighted by Gasteiger charge is 2.00. The van der Waals surface area contributed by atoms with Crippen LogP contribution in [0.1, 0.15) is 6.42 Å². The van der Waals surface area contributed by atoms with Gasteiger partial charge in [0.15, 0.2) is 0 Å². The van der Waals surface area contributed by atoms with E-state index in [1.54, 1.807) is 0 Å². The molecule has 0 aromatic heterocycles. The molecule has 1 aliphatic rings. The predicted molar refractivity (Wildman–Crippen MR) is 27.5 cm³/mol. The van der Waals surface area contributed by atoms with Gasteiger partial charge in [-0.25, -0.2) is 5.53 Å². The average molecular weight is 114 g/mol. The Morgan fingerprint density at radius 3 is 3.12 bits per heavy atom. The summed E-state index contributed by atoms with van der Waals surface area (Å²) < 4.78 is 0. The molecular weight excluding hydrogens is 108 g/mol. The first-order valence-electron chi connectivity index (χ1n) is 2.19. The molecule has 5 heteroatoms. The number of hydrogen-bond donors (Lipinski definition) is 3. The maximum atomic E-state index is 9.78. The van der Waals surface area contributed by atoms with Gasteiger partial charge in [0.25, 0.3) is 0 Å². The number of carbonyl (C=O) groups excluding carboxylic acids is 1. The molecule has 0 spiro atoms. The van der Waals surface area contributed by atoms with Crippen molar-refractivity contribution in [2.45, 2.75) is 6.42 Å². The van der Waals surface area contributed by atoms with E-state index >= 15 is 0 Å². The third-order valence-corrected chi connectivity index (χ3v) is 0.730. The molecule has 0 saturated carbocycles. The quantitative estimate of drug-likeness (QED) is 0.382. The number of hydrogen-bond acceptors (Lipinski definition) is 5. The van der Waals surface area contributed by atoms with Crippen LogP contribution in [0.25, 0.3) is 0 Å². The van der Waals surface area contributed by atoms with Crippen LogP contribution in [0, 0.1) is 0 Å². The number of carbonyl (C=O) groups is 1. The van der Waals surface area contributed by atoms with E-state index in [0.717, 1.165) is 6.29 Å². The molecule has 1 rings (SSSR count). The van der Waals surface area contributed by atoms with Gasteiger partial charge >= 0.3 is 0 Å². The lowest BCUT2D eigenvalue weighted by atomic mass is 10.4. The largest absolute Gasteiger partial charge is 0.303 e. The third-order valence-electron chi connectivity index (χ3n) is 0.730. The maximum Gasteiger partial charge on any atom is 0.146 e. The number of hydrazone groups is 1. The summed E-state index contributed by atoms with van der Waals surface area (Å²) in [5.74, 6) is 0.611. The molecule has 0 unspecified atom stereocenters. The minimum Gasteiger partial charge on any atom is -0.303 e. The van der Waals surface area contributed by atoms with Gasteiger partial charge in [-0.05, 0) is 0 Å². The Morgan fingerprint density at radius 2 is 2.62 bits per heavy atom. The molecule has 0 bridgehead atoms. The van der Waals surface area contributed by atoms with Gasteiger partial charge in [-0.2, -0.15) is 0 Å².